The fraction of sp³-hybridized carbons (Fsp3) is 0.222. The monoisotopic (exact) mass is 179 g/mol. The van der Waals surface area contributed by atoms with E-state index in [4.69, 9.17) is 5.11 Å². The Labute approximate surface area is 75.2 Å². The molecule has 0 aromatic carbocycles. The van der Waals surface area contributed by atoms with Crippen molar-refractivity contribution in [3.05, 3.63) is 29.1 Å². The Kier molecular flexibility index (Phi) is 2.41. The molecule has 13 heavy (non-hydrogen) atoms. The molecule has 1 heterocycles. The van der Waals surface area contributed by atoms with Crippen LogP contribution in [0.25, 0.3) is 0 Å². The van der Waals surface area contributed by atoms with Crippen LogP contribution in [0.3, 0.4) is 0 Å². The lowest BCUT2D eigenvalue weighted by atomic mass is 10.1. The minimum absolute atomic E-state index is 0.0394. The number of carboxylic acids is 1. The third-order valence-electron chi connectivity index (χ3n) is 1.68. The first-order valence-electron chi connectivity index (χ1n) is 3.74. The molecule has 0 fully saturated rings. The zero-order valence-electron chi connectivity index (χ0n) is 7.37. The van der Waals surface area contributed by atoms with E-state index in [1.165, 1.54) is 19.1 Å². The van der Waals surface area contributed by atoms with Crippen LogP contribution in [0.2, 0.25) is 0 Å². The number of carboxylic acid groups (broad SMARTS) is 1. The maximum absolute atomic E-state index is 11.0. The van der Waals surface area contributed by atoms with Gasteiger partial charge in [0.25, 0.3) is 0 Å². The van der Waals surface area contributed by atoms with Gasteiger partial charge in [0.15, 0.2) is 5.78 Å². The summed E-state index contributed by atoms with van der Waals surface area (Å²) in [7, 11) is 0. The molecule has 1 N–H and O–H groups in total. The lowest BCUT2D eigenvalue weighted by Crippen LogP contribution is -2.05. The molecular weight excluding hydrogens is 170 g/mol. The number of pyridine rings is 1. The first-order valence-corrected chi connectivity index (χ1v) is 3.74. The average Bonchev–Trinajstić information content (AvgIpc) is 2.03. The summed E-state index contributed by atoms with van der Waals surface area (Å²) < 4.78 is 0. The molecular formula is C9H9NO3. The van der Waals surface area contributed by atoms with Crippen LogP contribution in [0, 0.1) is 6.92 Å². The highest BCUT2D eigenvalue weighted by molar-refractivity contribution is 5.96. The summed E-state index contributed by atoms with van der Waals surface area (Å²) in [5.74, 6) is -1.19. The van der Waals surface area contributed by atoms with Gasteiger partial charge in [0.05, 0.1) is 0 Å². The van der Waals surface area contributed by atoms with E-state index in [-0.39, 0.29) is 11.5 Å². The zero-order valence-corrected chi connectivity index (χ0v) is 7.37. The third-order valence-corrected chi connectivity index (χ3v) is 1.68. The Hall–Kier alpha value is -1.71. The van der Waals surface area contributed by atoms with Gasteiger partial charge in [-0.3, -0.25) is 4.79 Å². The van der Waals surface area contributed by atoms with Crippen LogP contribution < -0.4 is 0 Å². The van der Waals surface area contributed by atoms with Crippen molar-refractivity contribution in [3.63, 3.8) is 0 Å². The van der Waals surface area contributed by atoms with Crippen molar-refractivity contribution in [1.29, 1.82) is 0 Å². The maximum Gasteiger partial charge on any atom is 0.354 e. The highest BCUT2D eigenvalue weighted by Gasteiger charge is 2.09. The number of hydrogen-bond donors (Lipinski definition) is 1. The van der Waals surface area contributed by atoms with Gasteiger partial charge in [-0.1, -0.05) is 0 Å². The van der Waals surface area contributed by atoms with Gasteiger partial charge in [-0.25, -0.2) is 9.78 Å². The first kappa shape index (κ1) is 9.38. The molecule has 0 amide bonds. The molecule has 0 bridgehead atoms. The first-order chi connectivity index (χ1) is 6.02. The van der Waals surface area contributed by atoms with Crippen LogP contribution in [0.15, 0.2) is 12.1 Å². The van der Waals surface area contributed by atoms with Crippen LogP contribution in [-0.4, -0.2) is 21.8 Å². The number of Topliss-reactive ketones (excluding diaryl/α,β-unsaturated/α-hetero) is 1. The predicted octanol–water partition coefficient (Wildman–Crippen LogP) is 1.29. The lowest BCUT2D eigenvalue weighted by Gasteiger charge is -2.01. The van der Waals surface area contributed by atoms with Crippen molar-refractivity contribution >= 4 is 11.8 Å². The summed E-state index contributed by atoms with van der Waals surface area (Å²) in [6.07, 6.45) is 0. The van der Waals surface area contributed by atoms with Crippen LogP contribution in [0.5, 0.6) is 0 Å². The number of rotatable bonds is 2. The van der Waals surface area contributed by atoms with E-state index in [1.807, 2.05) is 0 Å². The number of hydrogen-bond acceptors (Lipinski definition) is 3. The largest absolute Gasteiger partial charge is 0.477 e. The predicted molar refractivity (Wildman–Crippen MR) is 45.9 cm³/mol. The van der Waals surface area contributed by atoms with Crippen molar-refractivity contribution in [1.82, 2.24) is 4.98 Å². The van der Waals surface area contributed by atoms with Gasteiger partial charge in [-0.05, 0) is 26.0 Å². The van der Waals surface area contributed by atoms with Gasteiger partial charge >= 0.3 is 5.97 Å². The number of aromatic nitrogens is 1. The fourth-order valence-corrected chi connectivity index (χ4v) is 1.05. The SMILES string of the molecule is CC(=O)c1ccc(C(=O)O)nc1C. The molecule has 0 radical (unpaired) electrons. The van der Waals surface area contributed by atoms with Crippen molar-refractivity contribution < 1.29 is 14.7 Å². The molecule has 0 saturated heterocycles. The molecule has 0 aliphatic carbocycles. The average molecular weight is 179 g/mol. The van der Waals surface area contributed by atoms with E-state index in [0.29, 0.717) is 11.3 Å². The number of aryl methyl sites for hydroxylation is 1. The van der Waals surface area contributed by atoms with Gasteiger partial charge in [0.1, 0.15) is 5.69 Å². The van der Waals surface area contributed by atoms with E-state index in [2.05, 4.69) is 4.98 Å². The standard InChI is InChI=1S/C9H9NO3/c1-5-7(6(2)11)3-4-8(10-5)9(12)13/h3-4H,1-2H3,(H,12,13). The number of carbonyl (C=O) groups excluding carboxylic acids is 1. The Morgan fingerprint density at radius 2 is 2.00 bits per heavy atom. The maximum atomic E-state index is 11.0. The Bertz CT molecular complexity index is 371. The molecule has 0 saturated carbocycles. The van der Waals surface area contributed by atoms with Gasteiger partial charge in [-0.15, -0.1) is 0 Å². The minimum Gasteiger partial charge on any atom is -0.477 e. The number of ketones is 1. The van der Waals surface area contributed by atoms with Gasteiger partial charge in [0, 0.05) is 11.3 Å². The topological polar surface area (TPSA) is 67.3 Å². The van der Waals surface area contributed by atoms with E-state index in [0.717, 1.165) is 0 Å². The molecule has 68 valence electrons. The Morgan fingerprint density at radius 3 is 2.38 bits per heavy atom. The summed E-state index contributed by atoms with van der Waals surface area (Å²) in [6, 6.07) is 2.81. The van der Waals surface area contributed by atoms with Gasteiger partial charge in [-0.2, -0.15) is 0 Å². The van der Waals surface area contributed by atoms with E-state index in [1.54, 1.807) is 6.92 Å². The summed E-state index contributed by atoms with van der Waals surface area (Å²) in [6.45, 7) is 3.04. The number of carbonyl (C=O) groups is 2. The highest BCUT2D eigenvalue weighted by atomic mass is 16.4. The molecule has 0 atom stereocenters. The van der Waals surface area contributed by atoms with Crippen LogP contribution >= 0.6 is 0 Å². The van der Waals surface area contributed by atoms with Gasteiger partial charge in [0.2, 0.25) is 0 Å². The smallest absolute Gasteiger partial charge is 0.354 e. The van der Waals surface area contributed by atoms with Crippen LogP contribution in [0.4, 0.5) is 0 Å². The van der Waals surface area contributed by atoms with Crippen LogP contribution in [0.1, 0.15) is 33.5 Å². The zero-order chi connectivity index (χ0) is 10.0. The number of nitrogens with zero attached hydrogens (tertiary/aromatic N) is 1. The summed E-state index contributed by atoms with van der Waals surface area (Å²) >= 11 is 0. The molecule has 1 aromatic heterocycles. The molecule has 0 spiro atoms. The quantitative estimate of drug-likeness (QED) is 0.694. The fourth-order valence-electron chi connectivity index (χ4n) is 1.05. The van der Waals surface area contributed by atoms with E-state index >= 15 is 0 Å². The minimum atomic E-state index is -1.08. The summed E-state index contributed by atoms with van der Waals surface area (Å²) in [5.41, 5.74) is 0.875. The molecule has 0 aliphatic rings. The van der Waals surface area contributed by atoms with Crippen molar-refractivity contribution in [2.24, 2.45) is 0 Å². The van der Waals surface area contributed by atoms with Gasteiger partial charge < -0.3 is 5.11 Å². The molecule has 4 nitrogen and oxygen atoms in total. The van der Waals surface area contributed by atoms with Crippen molar-refractivity contribution in [3.8, 4) is 0 Å². The molecule has 1 aromatic rings. The third kappa shape index (κ3) is 1.90. The highest BCUT2D eigenvalue weighted by Crippen LogP contribution is 2.07. The molecule has 0 unspecified atom stereocenters. The second-order valence-electron chi connectivity index (χ2n) is 2.69. The number of aromatic carboxylic acids is 1. The summed E-state index contributed by atoms with van der Waals surface area (Å²) in [5, 5.41) is 8.59. The lowest BCUT2D eigenvalue weighted by molar-refractivity contribution is 0.0689. The van der Waals surface area contributed by atoms with E-state index < -0.39 is 5.97 Å². The van der Waals surface area contributed by atoms with Crippen LogP contribution in [-0.2, 0) is 0 Å². The normalized spacial score (nSPS) is 9.69. The van der Waals surface area contributed by atoms with Crippen molar-refractivity contribution in [2.75, 3.05) is 0 Å². The molecule has 4 heteroatoms. The second-order valence-corrected chi connectivity index (χ2v) is 2.69. The second kappa shape index (κ2) is 3.35. The van der Waals surface area contributed by atoms with Crippen molar-refractivity contribution in [2.45, 2.75) is 13.8 Å². The summed E-state index contributed by atoms with van der Waals surface area (Å²) in [4.78, 5) is 25.2. The Morgan fingerprint density at radius 1 is 1.38 bits per heavy atom. The Balaban J connectivity index is 3.20. The molecule has 0 aliphatic heterocycles. The van der Waals surface area contributed by atoms with E-state index in [9.17, 15) is 9.59 Å². The molecule has 1 rings (SSSR count).